The fourth-order valence-electron chi connectivity index (χ4n) is 6.75. The maximum Gasteiger partial charge on any atom is 0.302 e. The first-order valence-corrected chi connectivity index (χ1v) is 9.85. The molecule has 0 bridgehead atoms. The Labute approximate surface area is 150 Å². The monoisotopic (exact) mass is 346 g/mol. The van der Waals surface area contributed by atoms with Crippen LogP contribution in [-0.2, 0) is 14.3 Å². The van der Waals surface area contributed by atoms with E-state index in [2.05, 4.69) is 19.9 Å². The molecule has 0 radical (unpaired) electrons. The summed E-state index contributed by atoms with van der Waals surface area (Å²) in [5, 5.41) is 10.2. The van der Waals surface area contributed by atoms with Gasteiger partial charge in [0, 0.05) is 18.8 Å². The smallest absolute Gasteiger partial charge is 0.302 e. The van der Waals surface area contributed by atoms with Gasteiger partial charge >= 0.3 is 5.97 Å². The molecule has 0 aromatic rings. The average Bonchev–Trinajstić information content (AvgIpc) is 2.78. The van der Waals surface area contributed by atoms with Crippen molar-refractivity contribution in [1.82, 2.24) is 0 Å². The number of fused-ring (bicyclic) bond motifs is 5. The Kier molecular flexibility index (Phi) is 3.91. The Morgan fingerprint density at radius 1 is 1.20 bits per heavy atom. The third kappa shape index (κ3) is 2.43. The molecule has 0 saturated heterocycles. The van der Waals surface area contributed by atoms with Crippen LogP contribution in [0.2, 0.25) is 0 Å². The van der Waals surface area contributed by atoms with Crippen LogP contribution < -0.4 is 0 Å². The van der Waals surface area contributed by atoms with Crippen LogP contribution in [0.1, 0.15) is 65.7 Å². The lowest BCUT2D eigenvalue weighted by Gasteiger charge is -2.56. The van der Waals surface area contributed by atoms with Crippen LogP contribution in [-0.4, -0.2) is 29.1 Å². The van der Waals surface area contributed by atoms with Crippen molar-refractivity contribution in [1.29, 1.82) is 0 Å². The first-order chi connectivity index (χ1) is 11.8. The van der Waals surface area contributed by atoms with Crippen LogP contribution in [0, 0.1) is 28.6 Å². The lowest BCUT2D eigenvalue weighted by Crippen LogP contribution is -2.50. The van der Waals surface area contributed by atoms with Gasteiger partial charge in [0.15, 0.2) is 5.78 Å². The highest BCUT2D eigenvalue weighted by Crippen LogP contribution is 2.64. The average molecular weight is 346 g/mol. The van der Waals surface area contributed by atoms with Gasteiger partial charge in [-0.2, -0.15) is 0 Å². The number of ether oxygens (including phenoxy) is 1. The summed E-state index contributed by atoms with van der Waals surface area (Å²) < 4.78 is 5.48. The minimum Gasteiger partial charge on any atom is -0.462 e. The van der Waals surface area contributed by atoms with Crippen LogP contribution in [0.25, 0.3) is 0 Å². The van der Waals surface area contributed by atoms with Crippen molar-refractivity contribution in [3.63, 3.8) is 0 Å². The number of aliphatic hydroxyl groups is 1. The van der Waals surface area contributed by atoms with Crippen LogP contribution in [0.15, 0.2) is 11.6 Å². The molecular weight excluding hydrogens is 316 g/mol. The lowest BCUT2D eigenvalue weighted by molar-refractivity contribution is -0.148. The standard InChI is InChI=1S/C21H30O4/c1-12(22)25-14-6-8-20(2)13(10-14)4-5-15-16(20)7-9-21(3)17(15)11-18(23)19(21)24/h4,14-18,23H,5-11H2,1-3H3/t14-,15+,16-,17+,18+,20-,21-/m0/s1. The minimum absolute atomic E-state index is 0.0251. The fourth-order valence-corrected chi connectivity index (χ4v) is 6.75. The van der Waals surface area contributed by atoms with Crippen molar-refractivity contribution in [2.45, 2.75) is 77.9 Å². The number of Topliss-reactive ketones (excluding diaryl/α,β-unsaturated/α-hetero) is 1. The highest BCUT2D eigenvalue weighted by molar-refractivity contribution is 5.91. The van der Waals surface area contributed by atoms with Crippen LogP contribution in [0.5, 0.6) is 0 Å². The van der Waals surface area contributed by atoms with Gasteiger partial charge in [0.05, 0.1) is 0 Å². The Bertz CT molecular complexity index is 638. The third-order valence-electron chi connectivity index (χ3n) is 8.12. The number of hydrogen-bond donors (Lipinski definition) is 1. The molecule has 4 heteroatoms. The molecule has 0 aromatic heterocycles. The van der Waals surface area contributed by atoms with Gasteiger partial charge in [-0.05, 0) is 61.7 Å². The van der Waals surface area contributed by atoms with E-state index in [1.807, 2.05) is 0 Å². The predicted molar refractivity (Wildman–Crippen MR) is 93.7 cm³/mol. The summed E-state index contributed by atoms with van der Waals surface area (Å²) in [5.74, 6) is 1.29. The molecule has 3 saturated carbocycles. The van der Waals surface area contributed by atoms with Crippen LogP contribution >= 0.6 is 0 Å². The molecule has 0 unspecified atom stereocenters. The van der Waals surface area contributed by atoms with Crippen molar-refractivity contribution in [2.24, 2.45) is 28.6 Å². The number of esters is 1. The largest absolute Gasteiger partial charge is 0.462 e. The number of carbonyl (C=O) groups is 2. The van der Waals surface area contributed by atoms with E-state index < -0.39 is 6.10 Å². The second kappa shape index (κ2) is 5.67. The van der Waals surface area contributed by atoms with E-state index in [9.17, 15) is 14.7 Å². The Hall–Kier alpha value is -1.16. The molecule has 0 heterocycles. The summed E-state index contributed by atoms with van der Waals surface area (Å²) in [4.78, 5) is 23.8. The highest BCUT2D eigenvalue weighted by atomic mass is 16.5. The number of rotatable bonds is 1. The summed E-state index contributed by atoms with van der Waals surface area (Å²) in [6, 6.07) is 0. The van der Waals surface area contributed by atoms with Crippen LogP contribution in [0.3, 0.4) is 0 Å². The molecule has 25 heavy (non-hydrogen) atoms. The molecular formula is C21H30O4. The molecule has 4 nitrogen and oxygen atoms in total. The van der Waals surface area contributed by atoms with Crippen LogP contribution in [0.4, 0.5) is 0 Å². The normalized spacial score (nSPS) is 48.9. The molecule has 0 amide bonds. The van der Waals surface area contributed by atoms with Crippen molar-refractivity contribution < 1.29 is 19.4 Å². The van der Waals surface area contributed by atoms with Gasteiger partial charge in [0.1, 0.15) is 12.2 Å². The van der Waals surface area contributed by atoms with Gasteiger partial charge < -0.3 is 9.84 Å². The molecule has 0 aliphatic heterocycles. The number of aliphatic hydroxyl groups excluding tert-OH is 1. The Morgan fingerprint density at radius 2 is 1.92 bits per heavy atom. The van der Waals surface area contributed by atoms with Gasteiger partial charge in [0.25, 0.3) is 0 Å². The zero-order valence-corrected chi connectivity index (χ0v) is 15.6. The number of hydrogen-bond acceptors (Lipinski definition) is 4. The molecule has 4 aliphatic carbocycles. The van der Waals surface area contributed by atoms with Gasteiger partial charge in [-0.15, -0.1) is 0 Å². The van der Waals surface area contributed by atoms with E-state index in [1.165, 1.54) is 12.5 Å². The molecule has 4 aliphatic rings. The Balaban J connectivity index is 1.61. The van der Waals surface area contributed by atoms with E-state index in [1.54, 1.807) is 0 Å². The molecule has 4 rings (SSSR count). The van der Waals surface area contributed by atoms with Crippen molar-refractivity contribution in [3.8, 4) is 0 Å². The van der Waals surface area contributed by atoms with Gasteiger partial charge in [-0.1, -0.05) is 25.5 Å². The number of allylic oxidation sites excluding steroid dienone is 1. The van der Waals surface area contributed by atoms with Gasteiger partial charge in [0.2, 0.25) is 0 Å². The van der Waals surface area contributed by atoms with Gasteiger partial charge in [-0.3, -0.25) is 9.59 Å². The maximum atomic E-state index is 12.5. The molecule has 1 N–H and O–H groups in total. The summed E-state index contributed by atoms with van der Waals surface area (Å²) in [5.41, 5.74) is 1.30. The topological polar surface area (TPSA) is 63.6 Å². The summed E-state index contributed by atoms with van der Waals surface area (Å²) in [6.45, 7) is 5.96. The number of ketones is 1. The second-order valence-electron chi connectivity index (χ2n) is 9.31. The second-order valence-corrected chi connectivity index (χ2v) is 9.31. The quantitative estimate of drug-likeness (QED) is 0.584. The van der Waals surface area contributed by atoms with Crippen molar-refractivity contribution >= 4 is 11.8 Å². The predicted octanol–water partition coefficient (Wildman–Crippen LogP) is 3.42. The maximum absolute atomic E-state index is 12.5. The zero-order chi connectivity index (χ0) is 18.0. The number of carbonyl (C=O) groups excluding carboxylic acids is 2. The molecule has 7 atom stereocenters. The van der Waals surface area contributed by atoms with Gasteiger partial charge in [-0.25, -0.2) is 0 Å². The van der Waals surface area contributed by atoms with E-state index in [0.29, 0.717) is 24.2 Å². The van der Waals surface area contributed by atoms with E-state index >= 15 is 0 Å². The third-order valence-corrected chi connectivity index (χ3v) is 8.12. The highest BCUT2D eigenvalue weighted by Gasteiger charge is 2.61. The first kappa shape index (κ1) is 17.3. The fraction of sp³-hybridized carbons (Fsp3) is 0.810. The molecule has 0 spiro atoms. The summed E-state index contributed by atoms with van der Waals surface area (Å²) >= 11 is 0. The van der Waals surface area contributed by atoms with E-state index in [0.717, 1.165) is 38.5 Å². The molecule has 3 fully saturated rings. The molecule has 0 aromatic carbocycles. The SMILES string of the molecule is CC(=O)O[C@H]1CC[C@@]2(C)C(=CC[C@H]3[C@H]4C[C@@H](O)C(=O)[C@@]4(C)CC[C@@H]32)C1. The molecule has 138 valence electrons. The van der Waals surface area contributed by atoms with Crippen molar-refractivity contribution in [3.05, 3.63) is 11.6 Å². The van der Waals surface area contributed by atoms with E-state index in [-0.39, 0.29) is 28.7 Å². The minimum atomic E-state index is -0.758. The van der Waals surface area contributed by atoms with Crippen molar-refractivity contribution in [2.75, 3.05) is 0 Å². The lowest BCUT2D eigenvalue weighted by atomic mass is 9.48. The summed E-state index contributed by atoms with van der Waals surface area (Å²) in [7, 11) is 0. The Morgan fingerprint density at radius 3 is 2.64 bits per heavy atom. The van der Waals surface area contributed by atoms with E-state index in [4.69, 9.17) is 4.74 Å². The first-order valence-electron chi connectivity index (χ1n) is 9.85. The zero-order valence-electron chi connectivity index (χ0n) is 15.6. The summed E-state index contributed by atoms with van der Waals surface area (Å²) in [6.07, 6.45) is 8.11.